The molecule has 0 heterocycles. The van der Waals surface area contributed by atoms with Crippen LogP contribution in [0.15, 0.2) is 22.7 Å². The van der Waals surface area contributed by atoms with Crippen molar-refractivity contribution in [2.24, 2.45) is 0 Å². The van der Waals surface area contributed by atoms with Gasteiger partial charge in [0.2, 0.25) is 0 Å². The number of hydrogen-bond donors (Lipinski definition) is 2. The van der Waals surface area contributed by atoms with E-state index in [-0.39, 0.29) is 17.6 Å². The predicted octanol–water partition coefficient (Wildman–Crippen LogP) is 3.64. The number of amides is 1. The molecule has 0 bridgehead atoms. The Bertz CT molecular complexity index is 539. The zero-order valence-corrected chi connectivity index (χ0v) is 15.3. The fraction of sp³-hybridized carbons (Fsp3) is 0.467. The Morgan fingerprint density at radius 3 is 2.43 bits per heavy atom. The SMILES string of the molecule is CC(C)Oc1ccc(C(=O)NC(=S)NC(C)(C)C)cc1Br. The zero-order chi connectivity index (χ0) is 16.2. The Balaban J connectivity index is 2.75. The van der Waals surface area contributed by atoms with Gasteiger partial charge in [-0.1, -0.05) is 0 Å². The quantitative estimate of drug-likeness (QED) is 0.795. The van der Waals surface area contributed by atoms with E-state index < -0.39 is 0 Å². The standard InChI is InChI=1S/C15H21BrN2O2S/c1-9(2)20-12-7-6-10(8-11(12)16)13(19)17-14(21)18-15(3,4)5/h6-9H,1-5H3,(H2,17,18,19,21). The maximum absolute atomic E-state index is 12.1. The van der Waals surface area contributed by atoms with Crippen molar-refractivity contribution in [1.29, 1.82) is 0 Å². The zero-order valence-electron chi connectivity index (χ0n) is 12.9. The summed E-state index contributed by atoms with van der Waals surface area (Å²) >= 11 is 8.52. The molecule has 0 unspecified atom stereocenters. The third-order valence-corrected chi connectivity index (χ3v) is 3.10. The summed E-state index contributed by atoms with van der Waals surface area (Å²) in [4.78, 5) is 12.1. The monoisotopic (exact) mass is 372 g/mol. The molecular weight excluding hydrogens is 352 g/mol. The number of hydrogen-bond acceptors (Lipinski definition) is 3. The second-order valence-corrected chi connectivity index (χ2v) is 7.23. The molecule has 21 heavy (non-hydrogen) atoms. The molecular formula is C15H21BrN2O2S. The third kappa shape index (κ3) is 6.44. The Labute approximate surface area is 139 Å². The number of nitrogens with one attached hydrogen (secondary N) is 2. The summed E-state index contributed by atoms with van der Waals surface area (Å²) in [5.41, 5.74) is 0.316. The van der Waals surface area contributed by atoms with Crippen LogP contribution < -0.4 is 15.4 Å². The molecule has 0 aliphatic rings. The number of carbonyl (C=O) groups is 1. The molecule has 0 saturated carbocycles. The molecule has 1 rings (SSSR count). The van der Waals surface area contributed by atoms with Crippen molar-refractivity contribution in [2.45, 2.75) is 46.3 Å². The smallest absolute Gasteiger partial charge is 0.257 e. The van der Waals surface area contributed by atoms with E-state index in [1.807, 2.05) is 34.6 Å². The van der Waals surface area contributed by atoms with Crippen molar-refractivity contribution in [3.63, 3.8) is 0 Å². The van der Waals surface area contributed by atoms with Gasteiger partial charge in [-0.15, -0.1) is 0 Å². The maximum atomic E-state index is 12.1. The molecule has 4 nitrogen and oxygen atoms in total. The van der Waals surface area contributed by atoms with Gasteiger partial charge >= 0.3 is 0 Å². The van der Waals surface area contributed by atoms with Crippen LogP contribution in [0.25, 0.3) is 0 Å². The van der Waals surface area contributed by atoms with E-state index in [0.29, 0.717) is 16.4 Å². The van der Waals surface area contributed by atoms with Gasteiger partial charge in [0.25, 0.3) is 5.91 Å². The van der Waals surface area contributed by atoms with Crippen LogP contribution in [0.2, 0.25) is 0 Å². The third-order valence-electron chi connectivity index (χ3n) is 2.27. The predicted molar refractivity (Wildman–Crippen MR) is 92.9 cm³/mol. The molecule has 2 N–H and O–H groups in total. The summed E-state index contributed by atoms with van der Waals surface area (Å²) in [5.74, 6) is 0.450. The van der Waals surface area contributed by atoms with Gasteiger partial charge in [0.1, 0.15) is 5.75 Å². The average molecular weight is 373 g/mol. The summed E-state index contributed by atoms with van der Waals surface area (Å²) in [6, 6.07) is 5.18. The van der Waals surface area contributed by atoms with E-state index in [1.54, 1.807) is 18.2 Å². The molecule has 1 amide bonds. The molecule has 0 saturated heterocycles. The number of benzene rings is 1. The summed E-state index contributed by atoms with van der Waals surface area (Å²) < 4.78 is 6.34. The molecule has 1 aromatic rings. The van der Waals surface area contributed by atoms with Crippen LogP contribution in [-0.4, -0.2) is 22.7 Å². The Morgan fingerprint density at radius 1 is 1.33 bits per heavy atom. The Kier molecular flexibility index (Phi) is 6.16. The lowest BCUT2D eigenvalue weighted by molar-refractivity contribution is 0.0976. The van der Waals surface area contributed by atoms with Gasteiger partial charge in [0.05, 0.1) is 10.6 Å². The van der Waals surface area contributed by atoms with Crippen LogP contribution in [0.4, 0.5) is 0 Å². The van der Waals surface area contributed by atoms with Crippen LogP contribution in [0.1, 0.15) is 45.0 Å². The van der Waals surface area contributed by atoms with Crippen molar-refractivity contribution in [1.82, 2.24) is 10.6 Å². The number of rotatable bonds is 3. The van der Waals surface area contributed by atoms with Crippen LogP contribution in [-0.2, 0) is 0 Å². The van der Waals surface area contributed by atoms with Crippen molar-refractivity contribution >= 4 is 39.2 Å². The molecule has 0 aliphatic carbocycles. The minimum atomic E-state index is -0.256. The normalized spacial score (nSPS) is 11.2. The highest BCUT2D eigenvalue weighted by Gasteiger charge is 2.15. The molecule has 116 valence electrons. The van der Waals surface area contributed by atoms with E-state index >= 15 is 0 Å². The van der Waals surface area contributed by atoms with Crippen molar-refractivity contribution in [2.75, 3.05) is 0 Å². The molecule has 1 aromatic carbocycles. The molecule has 0 aromatic heterocycles. The first-order chi connectivity index (χ1) is 9.58. The first kappa shape index (κ1) is 17.9. The second kappa shape index (κ2) is 7.22. The lowest BCUT2D eigenvalue weighted by Crippen LogP contribution is -2.48. The lowest BCUT2D eigenvalue weighted by Gasteiger charge is -2.22. The fourth-order valence-electron chi connectivity index (χ4n) is 1.54. The van der Waals surface area contributed by atoms with Gasteiger partial charge in [-0.3, -0.25) is 10.1 Å². The van der Waals surface area contributed by atoms with Gasteiger partial charge in [-0.05, 0) is 81.0 Å². The minimum Gasteiger partial charge on any atom is -0.490 e. The average Bonchev–Trinajstić information content (AvgIpc) is 2.28. The van der Waals surface area contributed by atoms with Crippen molar-refractivity contribution in [3.8, 4) is 5.75 Å². The molecule has 0 atom stereocenters. The van der Waals surface area contributed by atoms with E-state index in [9.17, 15) is 4.79 Å². The molecule has 0 spiro atoms. The lowest BCUT2D eigenvalue weighted by atomic mass is 10.1. The van der Waals surface area contributed by atoms with Gasteiger partial charge in [-0.2, -0.15) is 0 Å². The van der Waals surface area contributed by atoms with E-state index in [1.165, 1.54) is 0 Å². The molecule has 0 aliphatic heterocycles. The number of halogens is 1. The summed E-state index contributed by atoms with van der Waals surface area (Å²) in [5, 5.41) is 6.01. The second-order valence-electron chi connectivity index (χ2n) is 5.97. The van der Waals surface area contributed by atoms with Crippen molar-refractivity contribution in [3.05, 3.63) is 28.2 Å². The molecule has 0 fully saturated rings. The summed E-state index contributed by atoms with van der Waals surface area (Å²) in [6.45, 7) is 9.81. The highest BCUT2D eigenvalue weighted by molar-refractivity contribution is 9.10. The van der Waals surface area contributed by atoms with E-state index in [2.05, 4.69) is 26.6 Å². The molecule has 6 heteroatoms. The van der Waals surface area contributed by atoms with E-state index in [4.69, 9.17) is 17.0 Å². The van der Waals surface area contributed by atoms with Crippen LogP contribution >= 0.6 is 28.1 Å². The van der Waals surface area contributed by atoms with Gasteiger partial charge in [-0.25, -0.2) is 0 Å². The largest absolute Gasteiger partial charge is 0.490 e. The first-order valence-electron chi connectivity index (χ1n) is 6.68. The van der Waals surface area contributed by atoms with Crippen LogP contribution in [0, 0.1) is 0 Å². The summed E-state index contributed by atoms with van der Waals surface area (Å²) in [7, 11) is 0. The molecule has 0 radical (unpaired) electrons. The number of ether oxygens (including phenoxy) is 1. The highest BCUT2D eigenvalue weighted by Crippen LogP contribution is 2.26. The van der Waals surface area contributed by atoms with Crippen molar-refractivity contribution < 1.29 is 9.53 Å². The van der Waals surface area contributed by atoms with Gasteiger partial charge < -0.3 is 10.1 Å². The number of thiocarbonyl (C=S) groups is 1. The van der Waals surface area contributed by atoms with Crippen LogP contribution in [0.3, 0.4) is 0 Å². The minimum absolute atomic E-state index is 0.0736. The fourth-order valence-corrected chi connectivity index (χ4v) is 2.41. The van der Waals surface area contributed by atoms with Gasteiger partial charge in [0, 0.05) is 11.1 Å². The maximum Gasteiger partial charge on any atom is 0.257 e. The first-order valence-corrected chi connectivity index (χ1v) is 7.88. The summed E-state index contributed by atoms with van der Waals surface area (Å²) in [6.07, 6.45) is 0.0736. The van der Waals surface area contributed by atoms with Gasteiger partial charge in [0.15, 0.2) is 5.11 Å². The highest BCUT2D eigenvalue weighted by atomic mass is 79.9. The Morgan fingerprint density at radius 2 is 1.95 bits per heavy atom. The number of carbonyl (C=O) groups excluding carboxylic acids is 1. The van der Waals surface area contributed by atoms with E-state index in [0.717, 1.165) is 4.47 Å². The Hall–Kier alpha value is -1.14. The van der Waals surface area contributed by atoms with Crippen LogP contribution in [0.5, 0.6) is 5.75 Å². The topological polar surface area (TPSA) is 50.4 Å².